The molecule has 21 heavy (non-hydrogen) atoms. The zero-order chi connectivity index (χ0) is 15.4. The van der Waals surface area contributed by atoms with Crippen molar-refractivity contribution in [2.75, 3.05) is 6.54 Å². The van der Waals surface area contributed by atoms with Gasteiger partial charge in [-0.05, 0) is 36.7 Å². The van der Waals surface area contributed by atoms with E-state index in [1.807, 2.05) is 6.92 Å². The first-order valence-corrected chi connectivity index (χ1v) is 7.02. The van der Waals surface area contributed by atoms with E-state index in [1.165, 1.54) is 6.07 Å². The summed E-state index contributed by atoms with van der Waals surface area (Å²) in [5, 5.41) is 2.78. The highest BCUT2D eigenvalue weighted by Crippen LogP contribution is 2.27. The summed E-state index contributed by atoms with van der Waals surface area (Å²) in [5.74, 6) is -1.66. The molecule has 2 aromatic rings. The van der Waals surface area contributed by atoms with Gasteiger partial charge in [-0.3, -0.25) is 0 Å². The lowest BCUT2D eigenvalue weighted by atomic mass is 9.98. The lowest BCUT2D eigenvalue weighted by Gasteiger charge is -2.20. The largest absolute Gasteiger partial charge is 0.310 e. The number of rotatable bonds is 5. The van der Waals surface area contributed by atoms with E-state index in [0.717, 1.165) is 12.1 Å². The molecule has 0 aliphatic rings. The van der Waals surface area contributed by atoms with Crippen molar-refractivity contribution < 1.29 is 13.2 Å². The minimum absolute atomic E-state index is 0.141. The van der Waals surface area contributed by atoms with Crippen molar-refractivity contribution in [1.82, 2.24) is 5.32 Å². The molecule has 1 atom stereocenters. The smallest absolute Gasteiger partial charge is 0.142 e. The van der Waals surface area contributed by atoms with Gasteiger partial charge in [-0.2, -0.15) is 0 Å². The Bertz CT molecular complexity index is 631. The van der Waals surface area contributed by atoms with Crippen LogP contribution in [0.2, 0.25) is 5.02 Å². The first-order valence-electron chi connectivity index (χ1n) is 6.64. The molecule has 112 valence electrons. The van der Waals surface area contributed by atoms with Crippen LogP contribution in [0.3, 0.4) is 0 Å². The van der Waals surface area contributed by atoms with Crippen LogP contribution in [0.1, 0.15) is 24.1 Å². The number of nitrogens with one attached hydrogen (secondary N) is 1. The van der Waals surface area contributed by atoms with Crippen LogP contribution < -0.4 is 5.32 Å². The number of hydrogen-bond donors (Lipinski definition) is 1. The standard InChI is InChI=1S/C16H15ClF3N/c1-2-21-16(7-10-5-3-4-6-13(10)18)11-8-15(20)12(17)9-14(11)19/h3-6,8-9,16,21H,2,7H2,1H3. The molecule has 0 saturated heterocycles. The maximum absolute atomic E-state index is 14.0. The molecule has 1 unspecified atom stereocenters. The van der Waals surface area contributed by atoms with Gasteiger partial charge in [0.1, 0.15) is 17.5 Å². The van der Waals surface area contributed by atoms with Gasteiger partial charge in [0, 0.05) is 11.6 Å². The van der Waals surface area contributed by atoms with E-state index in [-0.39, 0.29) is 22.8 Å². The van der Waals surface area contributed by atoms with E-state index in [0.29, 0.717) is 12.1 Å². The summed E-state index contributed by atoms with van der Waals surface area (Å²) in [4.78, 5) is 0. The van der Waals surface area contributed by atoms with Crippen molar-refractivity contribution in [3.05, 3.63) is 70.0 Å². The first-order chi connectivity index (χ1) is 10.0. The average Bonchev–Trinajstić information content (AvgIpc) is 2.45. The average molecular weight is 314 g/mol. The molecule has 0 radical (unpaired) electrons. The lowest BCUT2D eigenvalue weighted by Crippen LogP contribution is -2.24. The number of hydrogen-bond acceptors (Lipinski definition) is 1. The Kier molecular flexibility index (Phi) is 5.26. The molecule has 0 amide bonds. The van der Waals surface area contributed by atoms with Gasteiger partial charge in [0.2, 0.25) is 0 Å². The molecule has 0 bridgehead atoms. The zero-order valence-corrected chi connectivity index (χ0v) is 12.2. The Morgan fingerprint density at radius 2 is 1.76 bits per heavy atom. The molecule has 0 saturated carbocycles. The molecule has 0 spiro atoms. The normalized spacial score (nSPS) is 12.4. The third-order valence-corrected chi connectivity index (χ3v) is 3.54. The topological polar surface area (TPSA) is 12.0 Å². The fraction of sp³-hybridized carbons (Fsp3) is 0.250. The van der Waals surface area contributed by atoms with Crippen LogP contribution in [0.25, 0.3) is 0 Å². The Labute approximate surface area is 126 Å². The van der Waals surface area contributed by atoms with Gasteiger partial charge in [0.25, 0.3) is 0 Å². The molecule has 0 aliphatic carbocycles. The third-order valence-electron chi connectivity index (χ3n) is 3.25. The van der Waals surface area contributed by atoms with Crippen LogP contribution in [0, 0.1) is 17.5 Å². The van der Waals surface area contributed by atoms with E-state index in [2.05, 4.69) is 5.32 Å². The van der Waals surface area contributed by atoms with E-state index >= 15 is 0 Å². The van der Waals surface area contributed by atoms with Crippen LogP contribution in [0.4, 0.5) is 13.2 Å². The fourth-order valence-electron chi connectivity index (χ4n) is 2.23. The summed E-state index contributed by atoms with van der Waals surface area (Å²) in [7, 11) is 0. The van der Waals surface area contributed by atoms with Crippen molar-refractivity contribution in [2.45, 2.75) is 19.4 Å². The monoisotopic (exact) mass is 313 g/mol. The molecular weight excluding hydrogens is 299 g/mol. The van der Waals surface area contributed by atoms with Gasteiger partial charge in [-0.15, -0.1) is 0 Å². The van der Waals surface area contributed by atoms with Crippen LogP contribution in [0.15, 0.2) is 36.4 Å². The van der Waals surface area contributed by atoms with Gasteiger partial charge in [0.05, 0.1) is 5.02 Å². The second kappa shape index (κ2) is 6.96. The summed E-state index contributed by atoms with van der Waals surface area (Å²) < 4.78 is 41.3. The first kappa shape index (κ1) is 15.9. The molecule has 0 aliphatic heterocycles. The molecular formula is C16H15ClF3N. The summed E-state index contributed by atoms with van der Waals surface area (Å²) >= 11 is 5.56. The van der Waals surface area contributed by atoms with Crippen molar-refractivity contribution >= 4 is 11.6 Å². The highest BCUT2D eigenvalue weighted by Gasteiger charge is 2.19. The minimum Gasteiger partial charge on any atom is -0.310 e. The van der Waals surface area contributed by atoms with Gasteiger partial charge >= 0.3 is 0 Å². The summed E-state index contributed by atoms with van der Waals surface area (Å²) in [6.07, 6.45) is 0.221. The van der Waals surface area contributed by atoms with Gasteiger partial charge in [0.15, 0.2) is 0 Å². The SMILES string of the molecule is CCNC(Cc1ccccc1F)c1cc(F)c(Cl)cc1F. The maximum atomic E-state index is 14.0. The molecule has 1 N–H and O–H groups in total. The third kappa shape index (κ3) is 3.77. The minimum atomic E-state index is -0.690. The number of likely N-dealkylation sites (N-methyl/N-ethyl adjacent to an activating group) is 1. The van der Waals surface area contributed by atoms with Crippen LogP contribution >= 0.6 is 11.6 Å². The summed E-state index contributed by atoms with van der Waals surface area (Å²) in [5.41, 5.74) is 0.584. The second-order valence-corrected chi connectivity index (χ2v) is 5.10. The fourth-order valence-corrected chi connectivity index (χ4v) is 2.38. The van der Waals surface area contributed by atoms with Gasteiger partial charge < -0.3 is 5.32 Å². The molecule has 5 heteroatoms. The highest BCUT2D eigenvalue weighted by atomic mass is 35.5. The molecule has 0 aromatic heterocycles. The predicted octanol–water partition coefficient (Wildman–Crippen LogP) is 4.65. The van der Waals surface area contributed by atoms with E-state index in [9.17, 15) is 13.2 Å². The molecule has 2 rings (SSSR count). The lowest BCUT2D eigenvalue weighted by molar-refractivity contribution is 0.492. The summed E-state index contributed by atoms with van der Waals surface area (Å²) in [6.45, 7) is 2.39. The number of halogens is 4. The highest BCUT2D eigenvalue weighted by molar-refractivity contribution is 6.30. The predicted molar refractivity (Wildman–Crippen MR) is 77.9 cm³/mol. The molecule has 0 heterocycles. The summed E-state index contributed by atoms with van der Waals surface area (Å²) in [6, 6.07) is 7.74. The van der Waals surface area contributed by atoms with Gasteiger partial charge in [-0.25, -0.2) is 13.2 Å². The van der Waals surface area contributed by atoms with Crippen molar-refractivity contribution in [3.8, 4) is 0 Å². The van der Waals surface area contributed by atoms with Crippen molar-refractivity contribution in [1.29, 1.82) is 0 Å². The second-order valence-electron chi connectivity index (χ2n) is 4.69. The van der Waals surface area contributed by atoms with Crippen LogP contribution in [0.5, 0.6) is 0 Å². The molecule has 2 aromatic carbocycles. The van der Waals surface area contributed by atoms with Crippen LogP contribution in [-0.2, 0) is 6.42 Å². The van der Waals surface area contributed by atoms with E-state index < -0.39 is 17.7 Å². The Morgan fingerprint density at radius 3 is 2.43 bits per heavy atom. The molecule has 0 fully saturated rings. The quantitative estimate of drug-likeness (QED) is 0.792. The molecule has 1 nitrogen and oxygen atoms in total. The maximum Gasteiger partial charge on any atom is 0.142 e. The number of benzene rings is 2. The van der Waals surface area contributed by atoms with Crippen molar-refractivity contribution in [2.24, 2.45) is 0 Å². The zero-order valence-electron chi connectivity index (χ0n) is 11.5. The van der Waals surface area contributed by atoms with E-state index in [4.69, 9.17) is 11.6 Å². The van der Waals surface area contributed by atoms with E-state index in [1.54, 1.807) is 18.2 Å². The van der Waals surface area contributed by atoms with Crippen LogP contribution in [-0.4, -0.2) is 6.54 Å². The van der Waals surface area contributed by atoms with Crippen molar-refractivity contribution in [3.63, 3.8) is 0 Å². The Morgan fingerprint density at radius 1 is 1.05 bits per heavy atom. The Balaban J connectivity index is 2.35. The van der Waals surface area contributed by atoms with Gasteiger partial charge in [-0.1, -0.05) is 36.7 Å². The Hall–Kier alpha value is -1.52.